The Morgan fingerprint density at radius 3 is 2.17 bits per heavy atom. The molecule has 0 saturated heterocycles. The number of phenols is 1. The molecular formula is C19H17Cl2F4NO3. The van der Waals surface area contributed by atoms with Gasteiger partial charge in [0, 0.05) is 12.0 Å². The second-order valence-electron chi connectivity index (χ2n) is 7.13. The molecule has 1 atom stereocenters. The number of halogens is 6. The van der Waals surface area contributed by atoms with E-state index in [1.807, 2.05) is 5.32 Å². The molecule has 2 rings (SSSR count). The van der Waals surface area contributed by atoms with Gasteiger partial charge in [-0.3, -0.25) is 4.79 Å². The molecule has 2 aromatic carbocycles. The van der Waals surface area contributed by atoms with Gasteiger partial charge in [0.15, 0.2) is 0 Å². The van der Waals surface area contributed by atoms with E-state index in [1.54, 1.807) is 0 Å². The van der Waals surface area contributed by atoms with Crippen molar-refractivity contribution in [1.29, 1.82) is 0 Å². The van der Waals surface area contributed by atoms with Crippen molar-refractivity contribution >= 4 is 34.8 Å². The molecule has 1 amide bonds. The number of para-hydroxylation sites is 1. The highest BCUT2D eigenvalue weighted by atomic mass is 35.5. The van der Waals surface area contributed by atoms with Crippen LogP contribution in [0.25, 0.3) is 0 Å². The Morgan fingerprint density at radius 2 is 1.66 bits per heavy atom. The Morgan fingerprint density at radius 1 is 1.10 bits per heavy atom. The monoisotopic (exact) mass is 453 g/mol. The SMILES string of the molecule is CC(C)(CC(O)(C(=O)Nc1c(Cl)cccc1Cl)C(F)(F)F)c1cc(F)ccc1O. The first kappa shape index (κ1) is 23.3. The number of hydrogen-bond donors (Lipinski definition) is 3. The van der Waals surface area contributed by atoms with Gasteiger partial charge in [0.2, 0.25) is 5.60 Å². The van der Waals surface area contributed by atoms with Crippen LogP contribution in [0.2, 0.25) is 10.0 Å². The van der Waals surface area contributed by atoms with Crippen LogP contribution in [-0.2, 0) is 10.2 Å². The lowest BCUT2D eigenvalue weighted by Crippen LogP contribution is -2.57. The molecule has 29 heavy (non-hydrogen) atoms. The molecule has 10 heteroatoms. The minimum atomic E-state index is -5.40. The Kier molecular flexibility index (Phi) is 6.42. The first-order valence-electron chi connectivity index (χ1n) is 8.22. The highest BCUT2D eigenvalue weighted by molar-refractivity contribution is 6.39. The highest BCUT2D eigenvalue weighted by Crippen LogP contribution is 2.44. The highest BCUT2D eigenvalue weighted by Gasteiger charge is 2.61. The summed E-state index contributed by atoms with van der Waals surface area (Å²) in [6, 6.07) is 6.76. The van der Waals surface area contributed by atoms with Crippen LogP contribution in [0.5, 0.6) is 5.75 Å². The second-order valence-corrected chi connectivity index (χ2v) is 7.95. The molecule has 158 valence electrons. The van der Waals surface area contributed by atoms with Gasteiger partial charge in [0.05, 0.1) is 15.7 Å². The Balaban J connectivity index is 2.47. The van der Waals surface area contributed by atoms with E-state index in [4.69, 9.17) is 23.2 Å². The standard InChI is InChI=1S/C19H17Cl2F4NO3/c1-17(2,11-8-10(22)6-7-14(11)27)9-18(29,19(23,24)25)16(28)26-15-12(20)4-3-5-13(15)21/h3-8,27,29H,9H2,1-2H3,(H,26,28). The van der Waals surface area contributed by atoms with Gasteiger partial charge in [0.25, 0.3) is 5.91 Å². The lowest BCUT2D eigenvalue weighted by molar-refractivity contribution is -0.254. The molecule has 0 saturated carbocycles. The number of benzene rings is 2. The van der Waals surface area contributed by atoms with Crippen LogP contribution in [0.15, 0.2) is 36.4 Å². The summed E-state index contributed by atoms with van der Waals surface area (Å²) in [5.41, 5.74) is -6.05. The van der Waals surface area contributed by atoms with Crippen molar-refractivity contribution in [2.45, 2.75) is 37.5 Å². The molecule has 0 aromatic heterocycles. The van der Waals surface area contributed by atoms with Crippen LogP contribution in [0.1, 0.15) is 25.8 Å². The Hall–Kier alpha value is -2.03. The van der Waals surface area contributed by atoms with Crippen molar-refractivity contribution in [2.24, 2.45) is 0 Å². The molecule has 0 aliphatic heterocycles. The fourth-order valence-corrected chi connectivity index (χ4v) is 3.42. The summed E-state index contributed by atoms with van der Waals surface area (Å²) >= 11 is 11.7. The molecule has 0 radical (unpaired) electrons. The number of aliphatic hydroxyl groups is 1. The van der Waals surface area contributed by atoms with E-state index < -0.39 is 41.1 Å². The quantitative estimate of drug-likeness (QED) is 0.528. The van der Waals surface area contributed by atoms with Crippen LogP contribution in [0.3, 0.4) is 0 Å². The number of carbonyl (C=O) groups excluding carboxylic acids is 1. The van der Waals surface area contributed by atoms with E-state index in [1.165, 1.54) is 32.0 Å². The minimum Gasteiger partial charge on any atom is -0.508 e. The first-order valence-corrected chi connectivity index (χ1v) is 8.98. The summed E-state index contributed by atoms with van der Waals surface area (Å²) in [7, 11) is 0. The molecule has 4 nitrogen and oxygen atoms in total. The minimum absolute atomic E-state index is 0.127. The van der Waals surface area contributed by atoms with Gasteiger partial charge in [-0.15, -0.1) is 0 Å². The average molecular weight is 454 g/mol. The number of alkyl halides is 3. The van der Waals surface area contributed by atoms with Crippen molar-refractivity contribution < 1.29 is 32.6 Å². The van der Waals surface area contributed by atoms with E-state index in [2.05, 4.69) is 0 Å². The van der Waals surface area contributed by atoms with Crippen LogP contribution >= 0.6 is 23.2 Å². The molecule has 0 heterocycles. The van der Waals surface area contributed by atoms with Gasteiger partial charge >= 0.3 is 6.18 Å². The number of phenolic OH excluding ortho intramolecular Hbond substituents is 1. The van der Waals surface area contributed by atoms with Gasteiger partial charge in [-0.25, -0.2) is 4.39 Å². The summed E-state index contributed by atoms with van der Waals surface area (Å²) < 4.78 is 54.9. The zero-order valence-corrected chi connectivity index (χ0v) is 16.8. The summed E-state index contributed by atoms with van der Waals surface area (Å²) in [6.07, 6.45) is -6.61. The number of rotatable bonds is 5. The maximum absolute atomic E-state index is 13.8. The van der Waals surface area contributed by atoms with Crippen molar-refractivity contribution in [3.63, 3.8) is 0 Å². The van der Waals surface area contributed by atoms with Crippen LogP contribution in [0, 0.1) is 5.82 Å². The van der Waals surface area contributed by atoms with E-state index in [9.17, 15) is 32.6 Å². The lowest BCUT2D eigenvalue weighted by Gasteiger charge is -2.37. The molecular weight excluding hydrogens is 437 g/mol. The Labute approximate surface area is 174 Å². The van der Waals surface area contributed by atoms with E-state index in [0.717, 1.165) is 18.2 Å². The third-order valence-electron chi connectivity index (χ3n) is 4.43. The van der Waals surface area contributed by atoms with Crippen LogP contribution in [0.4, 0.5) is 23.2 Å². The van der Waals surface area contributed by atoms with Gasteiger partial charge in [-0.2, -0.15) is 13.2 Å². The maximum atomic E-state index is 13.8. The number of nitrogens with one attached hydrogen (secondary N) is 1. The van der Waals surface area contributed by atoms with E-state index in [-0.39, 0.29) is 21.3 Å². The zero-order valence-electron chi connectivity index (χ0n) is 15.2. The smallest absolute Gasteiger partial charge is 0.426 e. The fraction of sp³-hybridized carbons (Fsp3) is 0.316. The molecule has 0 spiro atoms. The molecule has 0 aliphatic rings. The topological polar surface area (TPSA) is 69.6 Å². The van der Waals surface area contributed by atoms with Crippen molar-refractivity contribution in [3.05, 3.63) is 57.8 Å². The third-order valence-corrected chi connectivity index (χ3v) is 5.06. The second kappa shape index (κ2) is 8.01. The number of amides is 1. The van der Waals surface area contributed by atoms with Crippen LogP contribution in [-0.4, -0.2) is 27.9 Å². The largest absolute Gasteiger partial charge is 0.508 e. The molecule has 0 fully saturated rings. The molecule has 0 aliphatic carbocycles. The van der Waals surface area contributed by atoms with Gasteiger partial charge in [-0.05, 0) is 35.7 Å². The third kappa shape index (κ3) is 4.76. The molecule has 1 unspecified atom stereocenters. The predicted octanol–water partition coefficient (Wildman–Crippen LogP) is 5.44. The van der Waals surface area contributed by atoms with Gasteiger partial charge < -0.3 is 15.5 Å². The zero-order chi connectivity index (χ0) is 22.2. The first-order chi connectivity index (χ1) is 13.2. The fourth-order valence-electron chi connectivity index (χ4n) is 2.93. The Bertz CT molecular complexity index is 914. The maximum Gasteiger partial charge on any atom is 0.426 e. The normalized spacial score (nSPS) is 14.4. The summed E-state index contributed by atoms with van der Waals surface area (Å²) in [5, 5.41) is 22.0. The van der Waals surface area contributed by atoms with Gasteiger partial charge in [-0.1, -0.05) is 43.1 Å². The number of anilines is 1. The molecule has 3 N–H and O–H groups in total. The van der Waals surface area contributed by atoms with Crippen molar-refractivity contribution in [3.8, 4) is 5.75 Å². The number of carbonyl (C=O) groups is 1. The van der Waals surface area contributed by atoms with E-state index in [0.29, 0.717) is 0 Å². The predicted molar refractivity (Wildman–Crippen MR) is 102 cm³/mol. The van der Waals surface area contributed by atoms with Gasteiger partial charge in [0.1, 0.15) is 11.6 Å². The lowest BCUT2D eigenvalue weighted by atomic mass is 9.74. The van der Waals surface area contributed by atoms with E-state index >= 15 is 0 Å². The van der Waals surface area contributed by atoms with Crippen molar-refractivity contribution in [2.75, 3.05) is 5.32 Å². The molecule has 2 aromatic rings. The summed E-state index contributed by atoms with van der Waals surface area (Å²) in [4.78, 5) is 12.5. The summed E-state index contributed by atoms with van der Waals surface area (Å²) in [5.74, 6) is -3.09. The number of hydrogen-bond acceptors (Lipinski definition) is 3. The van der Waals surface area contributed by atoms with Crippen LogP contribution < -0.4 is 5.32 Å². The van der Waals surface area contributed by atoms with Crippen molar-refractivity contribution in [1.82, 2.24) is 0 Å². The average Bonchev–Trinajstić information content (AvgIpc) is 2.58. The molecule has 0 bridgehead atoms. The number of aromatic hydroxyl groups is 1. The summed E-state index contributed by atoms with van der Waals surface area (Å²) in [6.45, 7) is 2.46.